The number of thioether (sulfide) groups is 1. The zero-order chi connectivity index (χ0) is 8.60. The van der Waals surface area contributed by atoms with Crippen molar-refractivity contribution in [3.8, 4) is 0 Å². The van der Waals surface area contributed by atoms with Crippen molar-refractivity contribution in [3.05, 3.63) is 0 Å². The maximum absolute atomic E-state index is 3.74. The highest BCUT2D eigenvalue weighted by molar-refractivity contribution is 8.00. The SMILES string of the molecule is CC1CNC2(CCC(C)C2)SC1. The minimum atomic E-state index is 0.492. The molecule has 0 aromatic carbocycles. The molecule has 1 saturated heterocycles. The van der Waals surface area contributed by atoms with Crippen LogP contribution < -0.4 is 5.32 Å². The Morgan fingerprint density at radius 3 is 2.67 bits per heavy atom. The highest BCUT2D eigenvalue weighted by Crippen LogP contribution is 2.44. The smallest absolute Gasteiger partial charge is 0.0648 e. The molecule has 0 radical (unpaired) electrons. The topological polar surface area (TPSA) is 12.0 Å². The third-order valence-electron chi connectivity index (χ3n) is 3.14. The molecule has 1 aliphatic heterocycles. The van der Waals surface area contributed by atoms with Gasteiger partial charge in [0.05, 0.1) is 4.87 Å². The van der Waals surface area contributed by atoms with E-state index >= 15 is 0 Å². The van der Waals surface area contributed by atoms with Gasteiger partial charge in [-0.3, -0.25) is 0 Å². The van der Waals surface area contributed by atoms with Gasteiger partial charge < -0.3 is 5.32 Å². The van der Waals surface area contributed by atoms with Crippen molar-refractivity contribution in [2.75, 3.05) is 12.3 Å². The molecule has 0 aromatic heterocycles. The second-order valence-corrected chi connectivity index (χ2v) is 6.04. The average molecular weight is 185 g/mol. The van der Waals surface area contributed by atoms with Gasteiger partial charge in [0.1, 0.15) is 0 Å². The first-order chi connectivity index (χ1) is 5.70. The van der Waals surface area contributed by atoms with E-state index in [2.05, 4.69) is 30.9 Å². The number of hydrogen-bond acceptors (Lipinski definition) is 2. The van der Waals surface area contributed by atoms with Crippen molar-refractivity contribution in [1.82, 2.24) is 5.32 Å². The van der Waals surface area contributed by atoms with Gasteiger partial charge in [-0.05, 0) is 43.4 Å². The van der Waals surface area contributed by atoms with E-state index in [1.165, 1.54) is 31.6 Å². The van der Waals surface area contributed by atoms with Gasteiger partial charge >= 0.3 is 0 Å². The molecule has 0 bridgehead atoms. The van der Waals surface area contributed by atoms with Crippen LogP contribution in [0.5, 0.6) is 0 Å². The predicted molar refractivity (Wildman–Crippen MR) is 55.4 cm³/mol. The summed E-state index contributed by atoms with van der Waals surface area (Å²) in [5.41, 5.74) is 0. The molecule has 0 amide bonds. The first-order valence-electron chi connectivity index (χ1n) is 5.09. The summed E-state index contributed by atoms with van der Waals surface area (Å²) in [4.78, 5) is 0.492. The molecular weight excluding hydrogens is 166 g/mol. The Hall–Kier alpha value is 0.310. The van der Waals surface area contributed by atoms with Gasteiger partial charge in [0.2, 0.25) is 0 Å². The summed E-state index contributed by atoms with van der Waals surface area (Å²) in [7, 11) is 0. The van der Waals surface area contributed by atoms with Crippen LogP contribution in [0.1, 0.15) is 33.1 Å². The fourth-order valence-corrected chi connectivity index (χ4v) is 3.88. The Balaban J connectivity index is 1.95. The van der Waals surface area contributed by atoms with E-state index in [0.717, 1.165) is 11.8 Å². The fraction of sp³-hybridized carbons (Fsp3) is 1.00. The molecule has 3 unspecified atom stereocenters. The van der Waals surface area contributed by atoms with Gasteiger partial charge in [-0.15, -0.1) is 11.8 Å². The lowest BCUT2D eigenvalue weighted by atomic mass is 10.1. The van der Waals surface area contributed by atoms with Crippen molar-refractivity contribution >= 4 is 11.8 Å². The monoisotopic (exact) mass is 185 g/mol. The van der Waals surface area contributed by atoms with Crippen molar-refractivity contribution in [3.63, 3.8) is 0 Å². The Labute approximate surface area is 79.7 Å². The van der Waals surface area contributed by atoms with Crippen molar-refractivity contribution in [1.29, 1.82) is 0 Å². The van der Waals surface area contributed by atoms with Gasteiger partial charge in [0, 0.05) is 0 Å². The molecule has 1 nitrogen and oxygen atoms in total. The molecule has 1 aliphatic carbocycles. The van der Waals surface area contributed by atoms with E-state index in [4.69, 9.17) is 0 Å². The van der Waals surface area contributed by atoms with Crippen LogP contribution >= 0.6 is 11.8 Å². The first-order valence-corrected chi connectivity index (χ1v) is 6.08. The molecule has 2 aliphatic rings. The maximum atomic E-state index is 3.74. The summed E-state index contributed by atoms with van der Waals surface area (Å²) in [6.45, 7) is 5.96. The van der Waals surface area contributed by atoms with Crippen molar-refractivity contribution < 1.29 is 0 Å². The normalized spacial score (nSPS) is 48.5. The molecule has 1 N–H and O–H groups in total. The zero-order valence-corrected chi connectivity index (χ0v) is 8.91. The van der Waals surface area contributed by atoms with Crippen LogP contribution in [0.4, 0.5) is 0 Å². The molecule has 2 heteroatoms. The van der Waals surface area contributed by atoms with E-state index in [0.29, 0.717) is 4.87 Å². The highest BCUT2D eigenvalue weighted by Gasteiger charge is 2.39. The lowest BCUT2D eigenvalue weighted by Crippen LogP contribution is -2.46. The number of rotatable bonds is 0. The zero-order valence-electron chi connectivity index (χ0n) is 8.10. The molecule has 12 heavy (non-hydrogen) atoms. The lowest BCUT2D eigenvalue weighted by Gasteiger charge is -2.37. The molecule has 1 spiro atoms. The van der Waals surface area contributed by atoms with Crippen LogP contribution in [-0.2, 0) is 0 Å². The Bertz CT molecular complexity index is 161. The molecule has 2 rings (SSSR count). The summed E-state index contributed by atoms with van der Waals surface area (Å²) in [6, 6.07) is 0. The number of hydrogen-bond donors (Lipinski definition) is 1. The molecule has 1 heterocycles. The van der Waals surface area contributed by atoms with Gasteiger partial charge in [0.15, 0.2) is 0 Å². The van der Waals surface area contributed by atoms with Gasteiger partial charge in [-0.2, -0.15) is 0 Å². The van der Waals surface area contributed by atoms with Crippen LogP contribution in [0.15, 0.2) is 0 Å². The standard InChI is InChI=1S/C10H19NS/c1-8-3-4-10(5-8)11-6-9(2)7-12-10/h8-9,11H,3-7H2,1-2H3. The average Bonchev–Trinajstić information content (AvgIpc) is 2.40. The third-order valence-corrected chi connectivity index (χ3v) is 4.94. The van der Waals surface area contributed by atoms with Crippen LogP contribution in [0, 0.1) is 11.8 Å². The molecule has 2 fully saturated rings. The summed E-state index contributed by atoms with van der Waals surface area (Å²) < 4.78 is 0. The van der Waals surface area contributed by atoms with Crippen LogP contribution in [-0.4, -0.2) is 17.2 Å². The fourth-order valence-electron chi connectivity index (χ4n) is 2.31. The van der Waals surface area contributed by atoms with E-state index in [1.807, 2.05) is 0 Å². The maximum Gasteiger partial charge on any atom is 0.0648 e. The summed E-state index contributed by atoms with van der Waals surface area (Å²) in [5, 5.41) is 3.74. The minimum absolute atomic E-state index is 0.492. The van der Waals surface area contributed by atoms with E-state index < -0.39 is 0 Å². The molecule has 0 aromatic rings. The number of nitrogens with one attached hydrogen (secondary N) is 1. The van der Waals surface area contributed by atoms with Crippen LogP contribution in [0.25, 0.3) is 0 Å². The Morgan fingerprint density at radius 2 is 2.17 bits per heavy atom. The Kier molecular flexibility index (Phi) is 2.39. The largest absolute Gasteiger partial charge is 0.302 e. The van der Waals surface area contributed by atoms with Crippen molar-refractivity contribution in [2.45, 2.75) is 38.0 Å². The lowest BCUT2D eigenvalue weighted by molar-refractivity contribution is 0.406. The molecule has 3 atom stereocenters. The van der Waals surface area contributed by atoms with Gasteiger partial charge in [-0.1, -0.05) is 13.8 Å². The molecule has 1 saturated carbocycles. The van der Waals surface area contributed by atoms with E-state index in [-0.39, 0.29) is 0 Å². The Morgan fingerprint density at radius 1 is 1.33 bits per heavy atom. The van der Waals surface area contributed by atoms with Gasteiger partial charge in [0.25, 0.3) is 0 Å². The third kappa shape index (κ3) is 1.64. The van der Waals surface area contributed by atoms with E-state index in [1.54, 1.807) is 0 Å². The van der Waals surface area contributed by atoms with Gasteiger partial charge in [-0.25, -0.2) is 0 Å². The van der Waals surface area contributed by atoms with Crippen molar-refractivity contribution in [2.24, 2.45) is 11.8 Å². The summed E-state index contributed by atoms with van der Waals surface area (Å²) in [6.07, 6.45) is 4.21. The first kappa shape index (κ1) is 8.89. The van der Waals surface area contributed by atoms with E-state index in [9.17, 15) is 0 Å². The predicted octanol–water partition coefficient (Wildman–Crippen LogP) is 2.48. The quantitative estimate of drug-likeness (QED) is 0.622. The summed E-state index contributed by atoms with van der Waals surface area (Å²) >= 11 is 2.17. The molecular formula is C10H19NS. The highest BCUT2D eigenvalue weighted by atomic mass is 32.2. The van der Waals surface area contributed by atoms with Crippen LogP contribution in [0.2, 0.25) is 0 Å². The minimum Gasteiger partial charge on any atom is -0.302 e. The second kappa shape index (κ2) is 3.22. The second-order valence-electron chi connectivity index (χ2n) is 4.64. The van der Waals surface area contributed by atoms with Crippen LogP contribution in [0.3, 0.4) is 0 Å². The summed E-state index contributed by atoms with van der Waals surface area (Å²) in [5.74, 6) is 3.18. The molecule has 70 valence electrons.